The third-order valence-electron chi connectivity index (χ3n) is 4.30. The molecule has 0 radical (unpaired) electrons. The Bertz CT molecular complexity index is 281. The molecule has 0 aromatic carbocycles. The number of rotatable bonds is 11. The number of aliphatic hydroxyl groups excluding tert-OH is 1. The lowest BCUT2D eigenvalue weighted by atomic mass is 10.2. The van der Waals surface area contributed by atoms with E-state index in [9.17, 15) is 5.11 Å². The van der Waals surface area contributed by atoms with Gasteiger partial charge in [0.1, 0.15) is 0 Å². The van der Waals surface area contributed by atoms with Crippen LogP contribution in [0.4, 0.5) is 0 Å². The first-order chi connectivity index (χ1) is 10.2. The Labute approximate surface area is 129 Å². The Morgan fingerprint density at radius 1 is 1.24 bits per heavy atom. The minimum Gasteiger partial charge on any atom is -0.389 e. The van der Waals surface area contributed by atoms with Crippen LogP contribution >= 0.6 is 0 Å². The zero-order valence-electron chi connectivity index (χ0n) is 13.6. The third-order valence-corrected chi connectivity index (χ3v) is 4.30. The highest BCUT2D eigenvalue weighted by Gasteiger charge is 2.27. The molecule has 2 fully saturated rings. The predicted octanol–water partition coefficient (Wildman–Crippen LogP) is 0.863. The first-order valence-electron chi connectivity index (χ1n) is 8.41. The van der Waals surface area contributed by atoms with Crippen LogP contribution in [0.2, 0.25) is 0 Å². The summed E-state index contributed by atoms with van der Waals surface area (Å²) in [6.45, 7) is 6.98. The predicted molar refractivity (Wildman–Crippen MR) is 83.5 cm³/mol. The van der Waals surface area contributed by atoms with Crippen molar-refractivity contribution in [3.63, 3.8) is 0 Å². The maximum atomic E-state index is 10.2. The maximum absolute atomic E-state index is 10.2. The molecule has 3 atom stereocenters. The molecule has 3 unspecified atom stereocenters. The van der Waals surface area contributed by atoms with Crippen LogP contribution in [0.5, 0.6) is 0 Å². The molecule has 1 aliphatic carbocycles. The number of nitrogens with one attached hydrogen (secondary N) is 1. The van der Waals surface area contributed by atoms with Crippen molar-refractivity contribution >= 4 is 0 Å². The van der Waals surface area contributed by atoms with Gasteiger partial charge < -0.3 is 19.9 Å². The molecule has 5 nitrogen and oxygen atoms in total. The van der Waals surface area contributed by atoms with Crippen molar-refractivity contribution in [1.29, 1.82) is 0 Å². The van der Waals surface area contributed by atoms with E-state index in [0.717, 1.165) is 25.6 Å². The molecule has 1 saturated carbocycles. The molecule has 2 N–H and O–H groups in total. The highest BCUT2D eigenvalue weighted by Crippen LogP contribution is 2.30. The Morgan fingerprint density at radius 2 is 2.05 bits per heavy atom. The van der Waals surface area contributed by atoms with Crippen LogP contribution in [0.3, 0.4) is 0 Å². The van der Waals surface area contributed by atoms with E-state index in [2.05, 4.69) is 10.2 Å². The summed E-state index contributed by atoms with van der Waals surface area (Å²) < 4.78 is 10.7. The van der Waals surface area contributed by atoms with Gasteiger partial charge in [0, 0.05) is 32.8 Å². The fourth-order valence-corrected chi connectivity index (χ4v) is 3.02. The maximum Gasteiger partial charge on any atom is 0.0900 e. The van der Waals surface area contributed by atoms with Crippen molar-refractivity contribution in [1.82, 2.24) is 10.2 Å². The normalized spacial score (nSPS) is 25.4. The lowest BCUT2D eigenvalue weighted by molar-refractivity contribution is -0.0404. The van der Waals surface area contributed by atoms with E-state index in [-0.39, 0.29) is 6.10 Å². The SMILES string of the molecule is COCC(C)OCC(O)CN(CC1CC1)CC1CCCN1. The van der Waals surface area contributed by atoms with Crippen LogP contribution in [0.1, 0.15) is 32.6 Å². The van der Waals surface area contributed by atoms with Gasteiger partial charge in [0.05, 0.1) is 25.4 Å². The van der Waals surface area contributed by atoms with E-state index < -0.39 is 6.10 Å². The largest absolute Gasteiger partial charge is 0.389 e. The van der Waals surface area contributed by atoms with Crippen molar-refractivity contribution in [3.05, 3.63) is 0 Å². The van der Waals surface area contributed by atoms with E-state index in [4.69, 9.17) is 9.47 Å². The molecule has 2 aliphatic rings. The zero-order chi connectivity index (χ0) is 15.1. The monoisotopic (exact) mass is 300 g/mol. The highest BCUT2D eigenvalue weighted by atomic mass is 16.5. The van der Waals surface area contributed by atoms with Crippen LogP contribution < -0.4 is 5.32 Å². The fourth-order valence-electron chi connectivity index (χ4n) is 3.02. The number of hydrogen-bond acceptors (Lipinski definition) is 5. The Kier molecular flexibility index (Phi) is 7.40. The van der Waals surface area contributed by atoms with E-state index in [1.54, 1.807) is 7.11 Å². The number of ether oxygens (including phenoxy) is 2. The molecule has 0 bridgehead atoms. The molecule has 5 heteroatoms. The van der Waals surface area contributed by atoms with Crippen LogP contribution in [0, 0.1) is 5.92 Å². The van der Waals surface area contributed by atoms with Crippen LogP contribution in [-0.4, -0.2) is 74.8 Å². The van der Waals surface area contributed by atoms with Gasteiger partial charge in [0.25, 0.3) is 0 Å². The van der Waals surface area contributed by atoms with Gasteiger partial charge in [-0.2, -0.15) is 0 Å². The van der Waals surface area contributed by atoms with E-state index in [1.165, 1.54) is 25.7 Å². The summed E-state index contributed by atoms with van der Waals surface area (Å²) in [5.41, 5.74) is 0. The Morgan fingerprint density at radius 3 is 2.67 bits per heavy atom. The van der Waals surface area contributed by atoms with Crippen LogP contribution in [0.15, 0.2) is 0 Å². The third kappa shape index (κ3) is 7.06. The average Bonchev–Trinajstić information content (AvgIpc) is 3.10. The lowest BCUT2D eigenvalue weighted by Gasteiger charge is -2.28. The van der Waals surface area contributed by atoms with E-state index in [1.807, 2.05) is 6.92 Å². The van der Waals surface area contributed by atoms with Crippen LogP contribution in [-0.2, 0) is 9.47 Å². The summed E-state index contributed by atoms with van der Waals surface area (Å²) in [6.07, 6.45) is 4.88. The number of aliphatic hydroxyl groups is 1. The first-order valence-corrected chi connectivity index (χ1v) is 8.41. The smallest absolute Gasteiger partial charge is 0.0900 e. The second-order valence-corrected chi connectivity index (χ2v) is 6.71. The molecular formula is C16H32N2O3. The topological polar surface area (TPSA) is 54.0 Å². The van der Waals surface area contributed by atoms with Gasteiger partial charge in [-0.1, -0.05) is 0 Å². The molecule has 1 heterocycles. The van der Waals surface area contributed by atoms with E-state index in [0.29, 0.717) is 25.8 Å². The van der Waals surface area contributed by atoms with Gasteiger partial charge in [-0.25, -0.2) is 0 Å². The van der Waals surface area contributed by atoms with Gasteiger partial charge in [0.2, 0.25) is 0 Å². The molecule has 0 aromatic heterocycles. The van der Waals surface area contributed by atoms with Gasteiger partial charge >= 0.3 is 0 Å². The zero-order valence-corrected chi connectivity index (χ0v) is 13.6. The summed E-state index contributed by atoms with van der Waals surface area (Å²) in [5, 5.41) is 13.8. The summed E-state index contributed by atoms with van der Waals surface area (Å²) >= 11 is 0. The van der Waals surface area contributed by atoms with E-state index >= 15 is 0 Å². The minimum atomic E-state index is -0.413. The molecule has 21 heavy (non-hydrogen) atoms. The summed E-state index contributed by atoms with van der Waals surface area (Å²) in [5.74, 6) is 0.854. The van der Waals surface area contributed by atoms with Gasteiger partial charge in [-0.15, -0.1) is 0 Å². The second kappa shape index (κ2) is 9.06. The fraction of sp³-hybridized carbons (Fsp3) is 1.00. The van der Waals surface area contributed by atoms with Crippen molar-refractivity contribution < 1.29 is 14.6 Å². The average molecular weight is 300 g/mol. The Hall–Kier alpha value is -0.200. The van der Waals surface area contributed by atoms with Crippen molar-refractivity contribution in [2.75, 3.05) is 46.5 Å². The summed E-state index contributed by atoms with van der Waals surface area (Å²) in [6, 6.07) is 0.601. The summed E-state index contributed by atoms with van der Waals surface area (Å²) in [4.78, 5) is 2.43. The molecule has 1 saturated heterocycles. The minimum absolute atomic E-state index is 0.0398. The highest BCUT2D eigenvalue weighted by molar-refractivity contribution is 4.83. The molecule has 124 valence electrons. The second-order valence-electron chi connectivity index (χ2n) is 6.71. The molecular weight excluding hydrogens is 268 g/mol. The number of methoxy groups -OCH3 is 1. The first kappa shape index (κ1) is 17.2. The molecule has 2 rings (SSSR count). The molecule has 0 spiro atoms. The van der Waals surface area contributed by atoms with Gasteiger partial charge in [0.15, 0.2) is 0 Å². The van der Waals surface area contributed by atoms with Gasteiger partial charge in [-0.05, 0) is 45.1 Å². The van der Waals surface area contributed by atoms with Crippen LogP contribution in [0.25, 0.3) is 0 Å². The van der Waals surface area contributed by atoms with Gasteiger partial charge in [-0.3, -0.25) is 4.90 Å². The standard InChI is InChI=1S/C16H32N2O3/c1-13(11-20-2)21-12-16(19)10-18(8-14-5-6-14)9-15-4-3-7-17-15/h13-17,19H,3-12H2,1-2H3. The number of nitrogens with zero attached hydrogens (tertiary/aromatic N) is 1. The Balaban J connectivity index is 1.68. The van der Waals surface area contributed by atoms with Crippen molar-refractivity contribution in [2.45, 2.75) is 50.9 Å². The quantitative estimate of drug-likeness (QED) is 0.593. The molecule has 0 aromatic rings. The summed E-state index contributed by atoms with van der Waals surface area (Å²) in [7, 11) is 1.67. The van der Waals surface area contributed by atoms with Crippen molar-refractivity contribution in [2.24, 2.45) is 5.92 Å². The lowest BCUT2D eigenvalue weighted by Crippen LogP contribution is -2.43. The number of hydrogen-bond donors (Lipinski definition) is 2. The van der Waals surface area contributed by atoms with Crippen molar-refractivity contribution in [3.8, 4) is 0 Å². The molecule has 0 amide bonds. The molecule has 1 aliphatic heterocycles.